The van der Waals surface area contributed by atoms with Gasteiger partial charge in [0, 0.05) is 41.3 Å². The molecule has 3 aromatic rings. The fourth-order valence-corrected chi connectivity index (χ4v) is 6.61. The van der Waals surface area contributed by atoms with Gasteiger partial charge in [0.25, 0.3) is 0 Å². The smallest absolute Gasteiger partial charge is 0.305 e. The molecule has 8 bridgehead atoms. The van der Waals surface area contributed by atoms with Crippen LogP contribution in [-0.2, 0) is 41.4 Å². The van der Waals surface area contributed by atoms with Gasteiger partial charge in [-0.3, -0.25) is 14.4 Å². The van der Waals surface area contributed by atoms with E-state index in [0.29, 0.717) is 19.3 Å². The Balaban J connectivity index is 1.86. The molecule has 0 aromatic carbocycles. The largest absolute Gasteiger partial charge is 0.469 e. The first-order valence-electron chi connectivity index (χ1n) is 16.3. The van der Waals surface area contributed by atoms with Crippen LogP contribution in [0.3, 0.4) is 0 Å². The van der Waals surface area contributed by atoms with Gasteiger partial charge >= 0.3 is 17.9 Å². The summed E-state index contributed by atoms with van der Waals surface area (Å²) in [6.07, 6.45) is 2.95. The van der Waals surface area contributed by atoms with Crippen LogP contribution < -0.4 is 0 Å². The summed E-state index contributed by atoms with van der Waals surface area (Å²) in [4.78, 5) is 54.1. The number of aromatic nitrogens is 4. The van der Waals surface area contributed by atoms with Crippen molar-refractivity contribution in [1.82, 2.24) is 19.9 Å². The van der Waals surface area contributed by atoms with E-state index in [4.69, 9.17) is 24.2 Å². The van der Waals surface area contributed by atoms with Crippen molar-refractivity contribution in [3.05, 3.63) is 69.3 Å². The number of rotatable bonds is 10. The Kier molecular flexibility index (Phi) is 10.3. The lowest BCUT2D eigenvalue weighted by atomic mass is 9.99. The number of hydrogen-bond acceptors (Lipinski definition) is 8. The van der Waals surface area contributed by atoms with Gasteiger partial charge in [-0.05, 0) is 122 Å². The Morgan fingerprint density at radius 3 is 1.46 bits per heavy atom. The van der Waals surface area contributed by atoms with Gasteiger partial charge in [0.2, 0.25) is 0 Å². The molecular weight excluding hydrogens is 608 g/mol. The number of aryl methyl sites for hydroxylation is 4. The molecule has 5 heterocycles. The number of nitrogens with zero attached hydrogens (tertiary/aromatic N) is 2. The summed E-state index contributed by atoms with van der Waals surface area (Å²) < 4.78 is 14.9. The molecule has 0 saturated heterocycles. The van der Waals surface area contributed by atoms with E-state index in [1.54, 1.807) is 0 Å². The second-order valence-electron chi connectivity index (χ2n) is 12.2. The predicted molar refractivity (Wildman–Crippen MR) is 188 cm³/mol. The number of allylic oxidation sites excluding steroid dienone is 4. The summed E-state index contributed by atoms with van der Waals surface area (Å²) in [5.74, 6) is -0.843. The molecule has 0 amide bonds. The molecule has 3 aromatic heterocycles. The van der Waals surface area contributed by atoms with Crippen molar-refractivity contribution in [2.75, 3.05) is 21.3 Å². The fraction of sp³-hybridized carbons (Fsp3) is 0.395. The van der Waals surface area contributed by atoms with E-state index in [1.807, 2.05) is 32.9 Å². The number of carbonyl (C=O) groups is 3. The maximum absolute atomic E-state index is 12.2. The zero-order chi connectivity index (χ0) is 34.7. The number of H-pyrrole nitrogens is 2. The summed E-state index contributed by atoms with van der Waals surface area (Å²) in [6.45, 7) is 10.3. The van der Waals surface area contributed by atoms with Crippen LogP contribution in [0.2, 0.25) is 0 Å². The van der Waals surface area contributed by atoms with Gasteiger partial charge in [0.05, 0.1) is 44.1 Å². The molecule has 10 nitrogen and oxygen atoms in total. The molecule has 10 heteroatoms. The molecule has 2 N–H and O–H groups in total. The highest BCUT2D eigenvalue weighted by Gasteiger charge is 2.23. The number of methoxy groups -OCH3 is 3. The Bertz CT molecular complexity index is 2030. The van der Waals surface area contributed by atoms with Gasteiger partial charge < -0.3 is 24.2 Å². The summed E-state index contributed by atoms with van der Waals surface area (Å²) >= 11 is 0. The van der Waals surface area contributed by atoms with E-state index in [9.17, 15) is 14.4 Å². The third-order valence-corrected chi connectivity index (χ3v) is 9.57. The Morgan fingerprint density at radius 1 is 0.562 bits per heavy atom. The van der Waals surface area contributed by atoms with E-state index in [0.717, 1.165) is 90.2 Å². The molecule has 2 aliphatic rings. The number of nitrogens with one attached hydrogen (secondary N) is 2. The van der Waals surface area contributed by atoms with Gasteiger partial charge in [0.1, 0.15) is 0 Å². The van der Waals surface area contributed by atoms with Gasteiger partial charge in [-0.1, -0.05) is 6.92 Å². The highest BCUT2D eigenvalue weighted by atomic mass is 16.5. The lowest BCUT2D eigenvalue weighted by Gasteiger charge is -2.04. The molecule has 0 spiro atoms. The summed E-state index contributed by atoms with van der Waals surface area (Å²) in [6, 6.07) is 8.18. The highest BCUT2D eigenvalue weighted by Crippen LogP contribution is 2.38. The minimum atomic E-state index is -0.292. The van der Waals surface area contributed by atoms with Gasteiger partial charge in [-0.15, -0.1) is 0 Å². The maximum Gasteiger partial charge on any atom is 0.305 e. The van der Waals surface area contributed by atoms with Crippen LogP contribution in [0, 0.1) is 13.8 Å². The number of hydrogen-bond donors (Lipinski definition) is 2. The fourth-order valence-electron chi connectivity index (χ4n) is 6.61. The third-order valence-electron chi connectivity index (χ3n) is 9.57. The van der Waals surface area contributed by atoms with Gasteiger partial charge in [-0.25, -0.2) is 9.97 Å². The van der Waals surface area contributed by atoms with Crippen molar-refractivity contribution in [3.8, 4) is 0 Å². The minimum absolute atomic E-state index is 0.217. The Labute approximate surface area is 280 Å². The van der Waals surface area contributed by atoms with Gasteiger partial charge in [-0.2, -0.15) is 0 Å². The quantitative estimate of drug-likeness (QED) is 0.171. The summed E-state index contributed by atoms with van der Waals surface area (Å²) in [7, 11) is 4.19. The van der Waals surface area contributed by atoms with Crippen LogP contribution in [0.1, 0.15) is 97.9 Å². The molecule has 0 radical (unpaired) electrons. The van der Waals surface area contributed by atoms with Crippen LogP contribution in [0.25, 0.3) is 44.4 Å². The van der Waals surface area contributed by atoms with Crippen LogP contribution >= 0.6 is 0 Å². The van der Waals surface area contributed by atoms with Gasteiger partial charge in [0.15, 0.2) is 0 Å². The number of fused-ring (bicyclic) bond motifs is 8. The molecule has 0 atom stereocenters. The topological polar surface area (TPSA) is 136 Å². The standard InChI is InChI=1S/C38H44N4O6/c1-9-24-20(2)30-17-33-26(11-14-37(44)47-7)23(5)31(42-33)18-34-25(10-13-36(43)46-6)21(3)28(40-34)16-29-22(4)27(12-15-38(45)48-8)35(41-29)19-32(24)39-30/h16-19,39,42H,9-15H2,1-8H3. The monoisotopic (exact) mass is 652 g/mol. The van der Waals surface area contributed by atoms with Crippen molar-refractivity contribution in [3.63, 3.8) is 0 Å². The maximum atomic E-state index is 12.2. The van der Waals surface area contributed by atoms with Crippen molar-refractivity contribution >= 4 is 62.3 Å². The zero-order valence-electron chi connectivity index (χ0n) is 29.1. The third kappa shape index (κ3) is 6.83. The number of esters is 3. The number of aromatic amines is 2. The average Bonchev–Trinajstić information content (AvgIpc) is 3.74. The van der Waals surface area contributed by atoms with Crippen LogP contribution in [-0.4, -0.2) is 59.2 Å². The molecule has 0 unspecified atom stereocenters. The summed E-state index contributed by atoms with van der Waals surface area (Å²) in [5.41, 5.74) is 14.9. The van der Waals surface area contributed by atoms with Crippen LogP contribution in [0.15, 0.2) is 24.3 Å². The normalized spacial score (nSPS) is 12.8. The van der Waals surface area contributed by atoms with Crippen LogP contribution in [0.4, 0.5) is 0 Å². The minimum Gasteiger partial charge on any atom is -0.469 e. The molecule has 0 aliphatic carbocycles. The molecular formula is C38H44N4O6. The Hall–Kier alpha value is -4.99. The first kappa shape index (κ1) is 34.3. The zero-order valence-corrected chi connectivity index (χ0v) is 29.1. The van der Waals surface area contributed by atoms with E-state index < -0.39 is 0 Å². The SMILES string of the molecule is CCc1c(C)c2cc3[nH]c(cc4nc(cc5nc(cc1[nH]2)C(CCC(=O)OC)=C5C)C(C)=C4CCC(=O)OC)c(C)c3CCC(=O)OC. The van der Waals surface area contributed by atoms with Crippen molar-refractivity contribution < 1.29 is 28.6 Å². The van der Waals surface area contributed by atoms with E-state index in [1.165, 1.54) is 26.9 Å². The van der Waals surface area contributed by atoms with E-state index >= 15 is 0 Å². The van der Waals surface area contributed by atoms with Crippen molar-refractivity contribution in [2.24, 2.45) is 0 Å². The lowest BCUT2D eigenvalue weighted by Crippen LogP contribution is -2.02. The van der Waals surface area contributed by atoms with E-state index in [-0.39, 0.29) is 37.2 Å². The second-order valence-corrected chi connectivity index (χ2v) is 12.2. The lowest BCUT2D eigenvalue weighted by molar-refractivity contribution is -0.141. The first-order chi connectivity index (χ1) is 23.0. The second kappa shape index (κ2) is 14.4. The highest BCUT2D eigenvalue weighted by molar-refractivity contribution is 5.96. The van der Waals surface area contributed by atoms with Crippen molar-refractivity contribution in [2.45, 2.75) is 79.6 Å². The molecule has 252 valence electrons. The number of carbonyl (C=O) groups excluding carboxylic acids is 3. The molecule has 2 aliphatic heterocycles. The Morgan fingerprint density at radius 2 is 0.979 bits per heavy atom. The van der Waals surface area contributed by atoms with E-state index in [2.05, 4.69) is 35.9 Å². The molecule has 0 saturated carbocycles. The van der Waals surface area contributed by atoms with Crippen LogP contribution in [0.5, 0.6) is 0 Å². The first-order valence-corrected chi connectivity index (χ1v) is 16.3. The molecule has 48 heavy (non-hydrogen) atoms. The average molecular weight is 653 g/mol. The van der Waals surface area contributed by atoms with Crippen molar-refractivity contribution in [1.29, 1.82) is 0 Å². The number of ether oxygens (including phenoxy) is 3. The molecule has 0 fully saturated rings. The predicted octanol–water partition coefficient (Wildman–Crippen LogP) is 7.37. The molecule has 5 rings (SSSR count). The summed E-state index contributed by atoms with van der Waals surface area (Å²) in [5, 5.41) is 0.